The summed E-state index contributed by atoms with van der Waals surface area (Å²) in [5.41, 5.74) is 1.25. The first kappa shape index (κ1) is 29.7. The molecular formula is C30H37N3O5S. The molecule has 208 valence electrons. The molecule has 1 N–H and O–H groups in total. The van der Waals surface area contributed by atoms with Crippen molar-refractivity contribution in [2.45, 2.75) is 51.1 Å². The Kier molecular flexibility index (Phi) is 10.5. The summed E-state index contributed by atoms with van der Waals surface area (Å²) in [4.78, 5) is 28.4. The number of nitrogens with zero attached hydrogens (tertiary/aromatic N) is 2. The molecule has 0 aliphatic rings. The first-order valence-corrected chi connectivity index (χ1v) is 14.5. The molecule has 0 saturated carbocycles. The van der Waals surface area contributed by atoms with Gasteiger partial charge in [-0.2, -0.15) is 0 Å². The molecule has 1 unspecified atom stereocenters. The van der Waals surface area contributed by atoms with Crippen LogP contribution in [0.2, 0.25) is 0 Å². The highest BCUT2D eigenvalue weighted by molar-refractivity contribution is 7.92. The van der Waals surface area contributed by atoms with Crippen LogP contribution in [-0.2, 0) is 26.0 Å². The lowest BCUT2D eigenvalue weighted by Gasteiger charge is -2.32. The molecular weight excluding hydrogens is 514 g/mol. The van der Waals surface area contributed by atoms with E-state index >= 15 is 0 Å². The molecule has 0 bridgehead atoms. The van der Waals surface area contributed by atoms with E-state index in [1.807, 2.05) is 44.2 Å². The van der Waals surface area contributed by atoms with E-state index in [0.29, 0.717) is 18.8 Å². The van der Waals surface area contributed by atoms with E-state index in [9.17, 15) is 18.0 Å². The number of para-hydroxylation sites is 2. The minimum Gasteiger partial charge on any atom is -0.492 e. The molecule has 3 rings (SSSR count). The van der Waals surface area contributed by atoms with Gasteiger partial charge >= 0.3 is 0 Å². The summed E-state index contributed by atoms with van der Waals surface area (Å²) in [6.45, 7) is 7.21. The van der Waals surface area contributed by atoms with Crippen LogP contribution in [0.5, 0.6) is 5.75 Å². The van der Waals surface area contributed by atoms with Crippen LogP contribution in [0.3, 0.4) is 0 Å². The fourth-order valence-electron chi connectivity index (χ4n) is 4.15. The number of anilines is 1. The zero-order valence-corrected chi connectivity index (χ0v) is 23.7. The Morgan fingerprint density at radius 3 is 2.08 bits per heavy atom. The van der Waals surface area contributed by atoms with Gasteiger partial charge in [-0.15, -0.1) is 0 Å². The van der Waals surface area contributed by atoms with E-state index < -0.39 is 28.5 Å². The number of ether oxygens (including phenoxy) is 1. The summed E-state index contributed by atoms with van der Waals surface area (Å²) in [5.74, 6) is -0.463. The third kappa shape index (κ3) is 7.83. The summed E-state index contributed by atoms with van der Waals surface area (Å²) in [6.07, 6.45) is 0.507. The SMILES string of the molecule is CCOc1ccccc1N(CC(=O)N(CCc1ccccc1)C(C)C(=O)NC(C)C)S(=O)(=O)c1ccccc1. The van der Waals surface area contributed by atoms with Crippen molar-refractivity contribution in [3.63, 3.8) is 0 Å². The molecule has 8 nitrogen and oxygen atoms in total. The van der Waals surface area contributed by atoms with Crippen molar-refractivity contribution in [1.82, 2.24) is 10.2 Å². The van der Waals surface area contributed by atoms with Crippen LogP contribution in [0, 0.1) is 0 Å². The van der Waals surface area contributed by atoms with E-state index in [1.54, 1.807) is 56.3 Å². The normalized spacial score (nSPS) is 12.0. The monoisotopic (exact) mass is 551 g/mol. The minimum atomic E-state index is -4.15. The Bertz CT molecular complexity index is 1330. The quantitative estimate of drug-likeness (QED) is 0.342. The van der Waals surface area contributed by atoms with E-state index in [2.05, 4.69) is 5.32 Å². The zero-order chi connectivity index (χ0) is 28.4. The predicted octanol–water partition coefficient (Wildman–Crippen LogP) is 4.27. The second-order valence-corrected chi connectivity index (χ2v) is 11.2. The fourth-order valence-corrected chi connectivity index (χ4v) is 5.59. The first-order valence-electron chi connectivity index (χ1n) is 13.1. The van der Waals surface area contributed by atoms with Crippen molar-refractivity contribution >= 4 is 27.5 Å². The third-order valence-corrected chi connectivity index (χ3v) is 7.90. The van der Waals surface area contributed by atoms with E-state index in [1.165, 1.54) is 17.0 Å². The average molecular weight is 552 g/mol. The maximum absolute atomic E-state index is 13.9. The topological polar surface area (TPSA) is 96.0 Å². The van der Waals surface area contributed by atoms with Gasteiger partial charge in [-0.25, -0.2) is 8.42 Å². The van der Waals surface area contributed by atoms with Crippen LogP contribution in [0.15, 0.2) is 89.8 Å². The molecule has 0 heterocycles. The largest absolute Gasteiger partial charge is 0.492 e. The molecule has 0 fully saturated rings. The molecule has 0 aliphatic heterocycles. The number of rotatable bonds is 13. The van der Waals surface area contributed by atoms with Crippen LogP contribution in [-0.4, -0.2) is 56.9 Å². The van der Waals surface area contributed by atoms with Crippen molar-refractivity contribution in [3.05, 3.63) is 90.5 Å². The van der Waals surface area contributed by atoms with Gasteiger partial charge in [0.15, 0.2) is 0 Å². The second kappa shape index (κ2) is 13.8. The number of nitrogens with one attached hydrogen (secondary N) is 1. The number of amides is 2. The van der Waals surface area contributed by atoms with Gasteiger partial charge in [-0.1, -0.05) is 60.7 Å². The maximum Gasteiger partial charge on any atom is 0.264 e. The van der Waals surface area contributed by atoms with Gasteiger partial charge in [0.1, 0.15) is 18.3 Å². The van der Waals surface area contributed by atoms with Gasteiger partial charge in [0.2, 0.25) is 11.8 Å². The van der Waals surface area contributed by atoms with Gasteiger partial charge in [-0.3, -0.25) is 13.9 Å². The number of hydrogen-bond acceptors (Lipinski definition) is 5. The molecule has 3 aromatic carbocycles. The Hall–Kier alpha value is -3.85. The Morgan fingerprint density at radius 2 is 1.46 bits per heavy atom. The van der Waals surface area contributed by atoms with Gasteiger partial charge in [0.25, 0.3) is 10.0 Å². The molecule has 0 spiro atoms. The van der Waals surface area contributed by atoms with Crippen LogP contribution < -0.4 is 14.4 Å². The average Bonchev–Trinajstić information content (AvgIpc) is 2.93. The van der Waals surface area contributed by atoms with E-state index in [0.717, 1.165) is 9.87 Å². The Labute approximate surface area is 231 Å². The van der Waals surface area contributed by atoms with Gasteiger partial charge in [-0.05, 0) is 63.9 Å². The Balaban J connectivity index is 2.01. The predicted molar refractivity (Wildman–Crippen MR) is 153 cm³/mol. The molecule has 1 atom stereocenters. The molecule has 2 amide bonds. The van der Waals surface area contributed by atoms with Crippen molar-refractivity contribution in [2.75, 3.05) is 24.0 Å². The first-order chi connectivity index (χ1) is 18.6. The van der Waals surface area contributed by atoms with Crippen molar-refractivity contribution in [3.8, 4) is 5.75 Å². The number of sulfonamides is 1. The highest BCUT2D eigenvalue weighted by Gasteiger charge is 2.33. The van der Waals surface area contributed by atoms with Crippen molar-refractivity contribution in [2.24, 2.45) is 0 Å². The van der Waals surface area contributed by atoms with Crippen LogP contribution in [0.1, 0.15) is 33.3 Å². The Morgan fingerprint density at radius 1 is 0.872 bits per heavy atom. The summed E-state index contributed by atoms with van der Waals surface area (Å²) >= 11 is 0. The van der Waals surface area contributed by atoms with Crippen LogP contribution in [0.25, 0.3) is 0 Å². The molecule has 9 heteroatoms. The number of benzene rings is 3. The lowest BCUT2D eigenvalue weighted by atomic mass is 10.1. The molecule has 0 aromatic heterocycles. The number of carbonyl (C=O) groups is 2. The van der Waals surface area contributed by atoms with E-state index in [-0.39, 0.29) is 29.1 Å². The maximum atomic E-state index is 13.9. The summed E-state index contributed by atoms with van der Waals surface area (Å²) < 4.78 is 34.6. The molecule has 0 aliphatic carbocycles. The van der Waals surface area contributed by atoms with Gasteiger partial charge in [0.05, 0.1) is 17.2 Å². The number of hydrogen-bond donors (Lipinski definition) is 1. The zero-order valence-electron chi connectivity index (χ0n) is 22.9. The third-order valence-electron chi connectivity index (χ3n) is 6.13. The lowest BCUT2D eigenvalue weighted by Crippen LogP contribution is -2.53. The fraction of sp³-hybridized carbons (Fsp3) is 0.333. The summed E-state index contributed by atoms with van der Waals surface area (Å²) in [5, 5.41) is 2.86. The molecule has 0 saturated heterocycles. The summed E-state index contributed by atoms with van der Waals surface area (Å²) in [6, 6.07) is 23.4. The van der Waals surface area contributed by atoms with Gasteiger partial charge < -0.3 is 15.0 Å². The standard InChI is InChI=1S/C30H37N3O5S/c1-5-38-28-19-13-12-18-27(28)33(39(36,37)26-16-10-7-11-17-26)22-29(34)32(24(4)30(35)31-23(2)3)21-20-25-14-8-6-9-15-25/h6-19,23-24H,5,20-22H2,1-4H3,(H,31,35). The highest BCUT2D eigenvalue weighted by Crippen LogP contribution is 2.32. The molecule has 39 heavy (non-hydrogen) atoms. The van der Waals surface area contributed by atoms with E-state index in [4.69, 9.17) is 4.74 Å². The van der Waals surface area contributed by atoms with Crippen molar-refractivity contribution in [1.29, 1.82) is 0 Å². The smallest absolute Gasteiger partial charge is 0.264 e. The highest BCUT2D eigenvalue weighted by atomic mass is 32.2. The lowest BCUT2D eigenvalue weighted by molar-refractivity contribution is -0.139. The van der Waals surface area contributed by atoms with Crippen molar-refractivity contribution < 1.29 is 22.7 Å². The molecule has 3 aromatic rings. The van der Waals surface area contributed by atoms with Crippen LogP contribution in [0.4, 0.5) is 5.69 Å². The second-order valence-electron chi connectivity index (χ2n) is 9.39. The van der Waals surface area contributed by atoms with Gasteiger partial charge in [0, 0.05) is 12.6 Å². The number of carbonyl (C=O) groups excluding carboxylic acids is 2. The summed E-state index contributed by atoms with van der Waals surface area (Å²) in [7, 11) is -4.15. The molecule has 0 radical (unpaired) electrons. The minimum absolute atomic E-state index is 0.0468. The van der Waals surface area contributed by atoms with Crippen LogP contribution >= 0.6 is 0 Å².